The van der Waals surface area contributed by atoms with E-state index in [1.165, 1.54) is 24.3 Å². The van der Waals surface area contributed by atoms with Crippen molar-refractivity contribution in [1.82, 2.24) is 25.9 Å². The van der Waals surface area contributed by atoms with Gasteiger partial charge in [0.2, 0.25) is 17.7 Å². The highest BCUT2D eigenvalue weighted by atomic mass is 32.2. The summed E-state index contributed by atoms with van der Waals surface area (Å²) in [6.45, 7) is 7.62. The Balaban J connectivity index is 3.06. The minimum Gasteiger partial charge on any atom is -0.480 e. The third-order valence-electron chi connectivity index (χ3n) is 5.74. The standard InChI is InChI=1S/C23H40N6O5S/c1-6-14(4)19(24)22(32)29-17(9-13(2)3)20(30)28-18(10-15-11-25-12-26-15)21(31)27-16(23(33)34)7-8-35-5/h11-14,16-19H,6-10,24H2,1-5H3,(H,25,26)(H,27,31)(H,28,30)(H,29,32)(H,33,34). The summed E-state index contributed by atoms with van der Waals surface area (Å²) in [5.41, 5.74) is 6.62. The van der Waals surface area contributed by atoms with Crippen LogP contribution in [-0.4, -0.2) is 74.9 Å². The van der Waals surface area contributed by atoms with Crippen molar-refractivity contribution < 1.29 is 24.3 Å². The Morgan fingerprint density at radius 2 is 1.66 bits per heavy atom. The first-order valence-electron chi connectivity index (χ1n) is 11.9. The van der Waals surface area contributed by atoms with Crippen LogP contribution in [0.5, 0.6) is 0 Å². The van der Waals surface area contributed by atoms with Crippen LogP contribution in [-0.2, 0) is 25.6 Å². The molecule has 1 heterocycles. The van der Waals surface area contributed by atoms with Gasteiger partial charge >= 0.3 is 5.97 Å². The van der Waals surface area contributed by atoms with Crippen molar-refractivity contribution in [3.8, 4) is 0 Å². The number of carboxylic acid groups (broad SMARTS) is 1. The summed E-state index contributed by atoms with van der Waals surface area (Å²) in [4.78, 5) is 57.4. The summed E-state index contributed by atoms with van der Waals surface area (Å²) in [6, 6.07) is -3.83. The number of carboxylic acids is 1. The van der Waals surface area contributed by atoms with E-state index in [2.05, 4.69) is 25.9 Å². The van der Waals surface area contributed by atoms with Crippen molar-refractivity contribution in [2.24, 2.45) is 17.6 Å². The number of imidazole rings is 1. The monoisotopic (exact) mass is 512 g/mol. The summed E-state index contributed by atoms with van der Waals surface area (Å²) in [5.74, 6) is -2.19. The van der Waals surface area contributed by atoms with Crippen molar-refractivity contribution in [3.63, 3.8) is 0 Å². The molecule has 0 saturated carbocycles. The molecule has 198 valence electrons. The lowest BCUT2D eigenvalue weighted by Gasteiger charge is -2.26. The molecule has 5 unspecified atom stereocenters. The van der Waals surface area contributed by atoms with Gasteiger partial charge in [-0.1, -0.05) is 34.1 Å². The van der Waals surface area contributed by atoms with Gasteiger partial charge in [0.1, 0.15) is 18.1 Å². The number of carbonyl (C=O) groups excluding carboxylic acids is 3. The number of thioether (sulfide) groups is 1. The second kappa shape index (κ2) is 15.4. The molecule has 0 aromatic carbocycles. The number of aliphatic carboxylic acids is 1. The van der Waals surface area contributed by atoms with Crippen LogP contribution in [0.2, 0.25) is 0 Å². The Morgan fingerprint density at radius 1 is 1.06 bits per heavy atom. The highest BCUT2D eigenvalue weighted by Gasteiger charge is 2.31. The highest BCUT2D eigenvalue weighted by molar-refractivity contribution is 7.98. The molecule has 1 aromatic heterocycles. The zero-order valence-electron chi connectivity index (χ0n) is 21.2. The second-order valence-corrected chi connectivity index (χ2v) is 10.1. The number of aromatic nitrogens is 2. The van der Waals surface area contributed by atoms with Gasteiger partial charge in [0, 0.05) is 18.3 Å². The van der Waals surface area contributed by atoms with Crippen LogP contribution in [0.3, 0.4) is 0 Å². The number of nitrogens with two attached hydrogens (primary N) is 1. The molecule has 0 aliphatic rings. The molecule has 5 atom stereocenters. The van der Waals surface area contributed by atoms with Crippen LogP contribution in [0, 0.1) is 11.8 Å². The first-order chi connectivity index (χ1) is 16.5. The lowest BCUT2D eigenvalue weighted by atomic mass is 9.97. The summed E-state index contributed by atoms with van der Waals surface area (Å²) >= 11 is 1.47. The number of hydrogen-bond acceptors (Lipinski definition) is 7. The van der Waals surface area contributed by atoms with Crippen LogP contribution >= 0.6 is 11.8 Å². The summed E-state index contributed by atoms with van der Waals surface area (Å²) in [6.07, 6.45) is 6.18. The fourth-order valence-corrected chi connectivity index (χ4v) is 3.82. The third-order valence-corrected chi connectivity index (χ3v) is 6.38. The average molecular weight is 513 g/mol. The normalized spacial score (nSPS) is 15.5. The minimum absolute atomic E-state index is 0.0640. The average Bonchev–Trinajstić information content (AvgIpc) is 3.32. The first kappa shape index (κ1) is 30.4. The minimum atomic E-state index is -1.15. The molecule has 12 heteroatoms. The summed E-state index contributed by atoms with van der Waals surface area (Å²) in [7, 11) is 0. The molecule has 1 aromatic rings. The lowest BCUT2D eigenvalue weighted by Crippen LogP contribution is -2.58. The lowest BCUT2D eigenvalue weighted by molar-refractivity contribution is -0.142. The number of amides is 3. The molecule has 1 rings (SSSR count). The van der Waals surface area contributed by atoms with Crippen molar-refractivity contribution in [2.75, 3.05) is 12.0 Å². The van der Waals surface area contributed by atoms with Crippen LogP contribution in [0.15, 0.2) is 12.5 Å². The molecule has 0 aliphatic carbocycles. The molecule has 0 radical (unpaired) electrons. The van der Waals surface area contributed by atoms with Gasteiger partial charge in [-0.15, -0.1) is 0 Å². The second-order valence-electron chi connectivity index (χ2n) is 9.13. The third kappa shape index (κ3) is 10.7. The van der Waals surface area contributed by atoms with E-state index in [4.69, 9.17) is 5.73 Å². The molecule has 0 saturated heterocycles. The van der Waals surface area contributed by atoms with E-state index in [0.717, 1.165) is 0 Å². The van der Waals surface area contributed by atoms with E-state index < -0.39 is 47.9 Å². The number of hydrogen-bond donors (Lipinski definition) is 6. The highest BCUT2D eigenvalue weighted by Crippen LogP contribution is 2.10. The van der Waals surface area contributed by atoms with Crippen LogP contribution in [0.4, 0.5) is 0 Å². The number of H-pyrrole nitrogens is 1. The van der Waals surface area contributed by atoms with Gasteiger partial charge in [0.25, 0.3) is 0 Å². The van der Waals surface area contributed by atoms with Gasteiger partial charge in [0.15, 0.2) is 0 Å². The van der Waals surface area contributed by atoms with Gasteiger partial charge in [-0.05, 0) is 36.7 Å². The molecule has 0 bridgehead atoms. The van der Waals surface area contributed by atoms with Crippen LogP contribution in [0.25, 0.3) is 0 Å². The molecule has 0 aliphatic heterocycles. The zero-order chi connectivity index (χ0) is 26.5. The molecule has 0 fully saturated rings. The maximum absolute atomic E-state index is 13.2. The Labute approximate surface area is 211 Å². The number of rotatable bonds is 16. The molecule has 35 heavy (non-hydrogen) atoms. The maximum Gasteiger partial charge on any atom is 0.326 e. The molecular weight excluding hydrogens is 472 g/mol. The molecular formula is C23H40N6O5S. The number of carbonyl (C=O) groups is 4. The Bertz CT molecular complexity index is 819. The van der Waals surface area contributed by atoms with Gasteiger partial charge in [-0.2, -0.15) is 11.8 Å². The first-order valence-corrected chi connectivity index (χ1v) is 13.2. The van der Waals surface area contributed by atoms with Crippen LogP contribution in [0.1, 0.15) is 52.7 Å². The molecule has 0 spiro atoms. The summed E-state index contributed by atoms with van der Waals surface area (Å²) in [5, 5.41) is 17.4. The molecule has 7 N–H and O–H groups in total. The topological polar surface area (TPSA) is 179 Å². The van der Waals surface area contributed by atoms with E-state index in [1.807, 2.05) is 34.0 Å². The smallest absolute Gasteiger partial charge is 0.326 e. The van der Waals surface area contributed by atoms with Gasteiger partial charge in [-0.25, -0.2) is 9.78 Å². The van der Waals surface area contributed by atoms with E-state index in [1.54, 1.807) is 0 Å². The predicted octanol–water partition coefficient (Wildman–Crippen LogP) is 0.664. The maximum atomic E-state index is 13.2. The van der Waals surface area contributed by atoms with Gasteiger partial charge < -0.3 is 31.8 Å². The Morgan fingerprint density at radius 3 is 2.17 bits per heavy atom. The van der Waals surface area contributed by atoms with Crippen molar-refractivity contribution in [1.29, 1.82) is 0 Å². The SMILES string of the molecule is CCC(C)C(N)C(=O)NC(CC(C)C)C(=O)NC(Cc1cnc[nH]1)C(=O)NC(CCSC)C(=O)O. The van der Waals surface area contributed by atoms with Crippen LogP contribution < -0.4 is 21.7 Å². The zero-order valence-corrected chi connectivity index (χ0v) is 22.0. The number of nitrogens with zero attached hydrogens (tertiary/aromatic N) is 1. The van der Waals surface area contributed by atoms with E-state index in [9.17, 15) is 24.3 Å². The number of nitrogens with one attached hydrogen (secondary N) is 4. The fourth-order valence-electron chi connectivity index (χ4n) is 3.35. The van der Waals surface area contributed by atoms with Crippen molar-refractivity contribution >= 4 is 35.5 Å². The molecule has 3 amide bonds. The van der Waals surface area contributed by atoms with E-state index >= 15 is 0 Å². The van der Waals surface area contributed by atoms with E-state index in [0.29, 0.717) is 24.3 Å². The summed E-state index contributed by atoms with van der Waals surface area (Å²) < 4.78 is 0. The fraction of sp³-hybridized carbons (Fsp3) is 0.696. The van der Waals surface area contributed by atoms with Crippen molar-refractivity contribution in [2.45, 2.75) is 77.5 Å². The Kier molecular flexibility index (Phi) is 13.4. The van der Waals surface area contributed by atoms with Gasteiger partial charge in [-0.3, -0.25) is 14.4 Å². The van der Waals surface area contributed by atoms with Gasteiger partial charge in [0.05, 0.1) is 12.4 Å². The van der Waals surface area contributed by atoms with Crippen molar-refractivity contribution in [3.05, 3.63) is 18.2 Å². The largest absolute Gasteiger partial charge is 0.480 e. The number of aromatic amines is 1. The molecule has 11 nitrogen and oxygen atoms in total. The Hall–Kier alpha value is -2.60. The quantitative estimate of drug-likeness (QED) is 0.187. The van der Waals surface area contributed by atoms with E-state index in [-0.39, 0.29) is 24.7 Å². The predicted molar refractivity (Wildman–Crippen MR) is 136 cm³/mol.